The van der Waals surface area contributed by atoms with Crippen LogP contribution in [0.25, 0.3) is 0 Å². The lowest BCUT2D eigenvalue weighted by Crippen LogP contribution is -2.55. The molecule has 0 aromatic heterocycles. The van der Waals surface area contributed by atoms with Crippen LogP contribution in [-0.2, 0) is 4.79 Å². The Labute approximate surface area is 195 Å². The second-order valence-electron chi connectivity index (χ2n) is 8.76. The number of nitrogens with one attached hydrogen (secondary N) is 3. The van der Waals surface area contributed by atoms with Crippen LogP contribution in [0.15, 0.2) is 54.6 Å². The molecule has 0 unspecified atom stereocenters. The third-order valence-corrected chi connectivity index (χ3v) is 6.21. The largest absolute Gasteiger partial charge is 0.352 e. The van der Waals surface area contributed by atoms with Gasteiger partial charge in [-0.1, -0.05) is 42.8 Å². The molecule has 3 N–H and O–H groups in total. The summed E-state index contributed by atoms with van der Waals surface area (Å²) in [6.45, 7) is 7.01. The number of carbonyl (C=O) groups is 3. The van der Waals surface area contributed by atoms with E-state index in [0.29, 0.717) is 31.5 Å². The van der Waals surface area contributed by atoms with E-state index in [-0.39, 0.29) is 29.8 Å². The monoisotopic (exact) mass is 450 g/mol. The van der Waals surface area contributed by atoms with E-state index in [1.54, 1.807) is 29.2 Å². The van der Waals surface area contributed by atoms with Crippen LogP contribution in [0, 0.1) is 12.8 Å². The summed E-state index contributed by atoms with van der Waals surface area (Å²) >= 11 is 0. The number of benzene rings is 2. The van der Waals surface area contributed by atoms with Gasteiger partial charge < -0.3 is 20.9 Å². The number of aryl methyl sites for hydroxylation is 1. The fraction of sp³-hybridized carbons (Fsp3) is 0.423. The zero-order chi connectivity index (χ0) is 23.8. The molecule has 0 bridgehead atoms. The van der Waals surface area contributed by atoms with E-state index in [9.17, 15) is 14.4 Å². The molecule has 0 spiro atoms. The van der Waals surface area contributed by atoms with Gasteiger partial charge in [0.15, 0.2) is 0 Å². The molecule has 1 saturated heterocycles. The van der Waals surface area contributed by atoms with Crippen LogP contribution in [0.1, 0.15) is 49.0 Å². The lowest BCUT2D eigenvalue weighted by molar-refractivity contribution is -0.125. The Bertz CT molecular complexity index is 938. The van der Waals surface area contributed by atoms with Gasteiger partial charge in [0.25, 0.3) is 5.91 Å². The summed E-state index contributed by atoms with van der Waals surface area (Å²) in [4.78, 5) is 40.3. The van der Waals surface area contributed by atoms with Crippen LogP contribution in [0.5, 0.6) is 0 Å². The average molecular weight is 451 g/mol. The second-order valence-corrected chi connectivity index (χ2v) is 8.76. The van der Waals surface area contributed by atoms with Crippen molar-refractivity contribution in [2.24, 2.45) is 5.92 Å². The van der Waals surface area contributed by atoms with E-state index in [4.69, 9.17) is 0 Å². The molecule has 1 fully saturated rings. The van der Waals surface area contributed by atoms with Crippen molar-refractivity contribution < 1.29 is 14.4 Å². The van der Waals surface area contributed by atoms with E-state index >= 15 is 0 Å². The molecule has 2 aromatic rings. The van der Waals surface area contributed by atoms with Crippen molar-refractivity contribution in [2.45, 2.75) is 52.1 Å². The molecule has 0 saturated carbocycles. The number of likely N-dealkylation sites (tertiary alicyclic amines) is 1. The summed E-state index contributed by atoms with van der Waals surface area (Å²) < 4.78 is 0. The Kier molecular flexibility index (Phi) is 8.46. The van der Waals surface area contributed by atoms with Gasteiger partial charge in [-0.2, -0.15) is 0 Å². The van der Waals surface area contributed by atoms with Gasteiger partial charge in [-0.25, -0.2) is 4.79 Å². The van der Waals surface area contributed by atoms with Crippen molar-refractivity contribution in [1.82, 2.24) is 15.5 Å². The summed E-state index contributed by atoms with van der Waals surface area (Å²) in [5.41, 5.74) is 2.41. The number of hydrogen-bond donors (Lipinski definition) is 3. The molecule has 2 aromatic carbocycles. The van der Waals surface area contributed by atoms with Crippen LogP contribution in [0.3, 0.4) is 0 Å². The van der Waals surface area contributed by atoms with E-state index in [0.717, 1.165) is 17.7 Å². The van der Waals surface area contributed by atoms with Crippen molar-refractivity contribution >= 4 is 23.5 Å². The number of amides is 4. The van der Waals surface area contributed by atoms with Gasteiger partial charge in [0.1, 0.15) is 6.04 Å². The van der Waals surface area contributed by atoms with Crippen molar-refractivity contribution in [2.75, 3.05) is 18.4 Å². The van der Waals surface area contributed by atoms with Crippen molar-refractivity contribution in [1.29, 1.82) is 0 Å². The van der Waals surface area contributed by atoms with Gasteiger partial charge in [-0.15, -0.1) is 0 Å². The first-order chi connectivity index (χ1) is 15.9. The third kappa shape index (κ3) is 6.81. The Hall–Kier alpha value is -3.35. The van der Waals surface area contributed by atoms with Crippen molar-refractivity contribution in [3.05, 3.63) is 65.7 Å². The summed E-state index contributed by atoms with van der Waals surface area (Å²) in [6, 6.07) is 15.8. The van der Waals surface area contributed by atoms with Crippen LogP contribution in [-0.4, -0.2) is 47.9 Å². The van der Waals surface area contributed by atoms with Crippen LogP contribution >= 0.6 is 0 Å². The highest BCUT2D eigenvalue weighted by atomic mass is 16.2. The highest BCUT2D eigenvalue weighted by Gasteiger charge is 2.34. The molecule has 7 heteroatoms. The van der Waals surface area contributed by atoms with Crippen LogP contribution < -0.4 is 16.0 Å². The second kappa shape index (κ2) is 11.5. The molecular weight excluding hydrogens is 416 g/mol. The molecule has 0 radical (unpaired) electrons. The molecular formula is C26H34N4O3. The zero-order valence-corrected chi connectivity index (χ0v) is 19.6. The van der Waals surface area contributed by atoms with Crippen molar-refractivity contribution in [3.63, 3.8) is 0 Å². The lowest BCUT2D eigenvalue weighted by atomic mass is 9.88. The zero-order valence-electron chi connectivity index (χ0n) is 19.6. The first-order valence-electron chi connectivity index (χ1n) is 11.7. The van der Waals surface area contributed by atoms with E-state index < -0.39 is 6.04 Å². The highest BCUT2D eigenvalue weighted by Crippen LogP contribution is 2.23. The predicted octanol–water partition coefficient (Wildman–Crippen LogP) is 3.95. The summed E-state index contributed by atoms with van der Waals surface area (Å²) in [5.74, 6) is -0.485. The quantitative estimate of drug-likeness (QED) is 0.597. The Morgan fingerprint density at radius 1 is 0.970 bits per heavy atom. The maximum absolute atomic E-state index is 13.0. The van der Waals surface area contributed by atoms with Crippen molar-refractivity contribution in [3.8, 4) is 0 Å². The standard InChI is InChI=1S/C26H34N4O3/c1-4-19(3)27-25(32)23(29-24(31)21-8-6-5-7-9-21)20-14-16-30(17-15-20)26(33)28-22-12-10-18(2)11-13-22/h5-13,19-20,23H,4,14-17H2,1-3H3,(H,27,32)(H,28,33)(H,29,31)/t19-,23+/m0/s1. The Balaban J connectivity index is 1.63. The Morgan fingerprint density at radius 2 is 1.61 bits per heavy atom. The van der Waals surface area contributed by atoms with Gasteiger partial charge in [0, 0.05) is 30.4 Å². The summed E-state index contributed by atoms with van der Waals surface area (Å²) in [5, 5.41) is 8.89. The molecule has 7 nitrogen and oxygen atoms in total. The highest BCUT2D eigenvalue weighted by molar-refractivity contribution is 5.97. The molecule has 33 heavy (non-hydrogen) atoms. The molecule has 2 atom stereocenters. The maximum atomic E-state index is 13.0. The van der Waals surface area contributed by atoms with Gasteiger partial charge in [-0.05, 0) is 63.3 Å². The number of anilines is 1. The van der Waals surface area contributed by atoms with E-state index in [1.165, 1.54) is 0 Å². The minimum absolute atomic E-state index is 0.0222. The number of carbonyl (C=O) groups excluding carboxylic acids is 3. The number of urea groups is 1. The summed E-state index contributed by atoms with van der Waals surface area (Å²) in [7, 11) is 0. The van der Waals surface area contributed by atoms with Gasteiger partial charge in [0.2, 0.25) is 5.91 Å². The number of nitrogens with zero attached hydrogens (tertiary/aromatic N) is 1. The molecule has 1 aliphatic rings. The molecule has 4 amide bonds. The summed E-state index contributed by atoms with van der Waals surface area (Å²) in [6.07, 6.45) is 2.08. The predicted molar refractivity (Wildman–Crippen MR) is 130 cm³/mol. The van der Waals surface area contributed by atoms with Crippen LogP contribution in [0.4, 0.5) is 10.5 Å². The lowest BCUT2D eigenvalue weighted by Gasteiger charge is -2.36. The van der Waals surface area contributed by atoms with E-state index in [2.05, 4.69) is 16.0 Å². The number of rotatable bonds is 7. The minimum Gasteiger partial charge on any atom is -0.352 e. The van der Waals surface area contributed by atoms with Gasteiger partial charge in [0.05, 0.1) is 0 Å². The van der Waals surface area contributed by atoms with Crippen LogP contribution in [0.2, 0.25) is 0 Å². The Morgan fingerprint density at radius 3 is 2.21 bits per heavy atom. The minimum atomic E-state index is -0.644. The number of piperidine rings is 1. The third-order valence-electron chi connectivity index (χ3n) is 6.21. The molecule has 176 valence electrons. The average Bonchev–Trinajstić information content (AvgIpc) is 2.84. The van der Waals surface area contributed by atoms with Gasteiger partial charge in [-0.3, -0.25) is 9.59 Å². The fourth-order valence-corrected chi connectivity index (χ4v) is 3.92. The molecule has 3 rings (SSSR count). The maximum Gasteiger partial charge on any atom is 0.321 e. The smallest absolute Gasteiger partial charge is 0.321 e. The SMILES string of the molecule is CC[C@H](C)NC(=O)[C@H](NC(=O)c1ccccc1)C1CCN(C(=O)Nc2ccc(C)cc2)CC1. The molecule has 1 aliphatic heterocycles. The van der Waals surface area contributed by atoms with Gasteiger partial charge >= 0.3 is 6.03 Å². The molecule has 0 aliphatic carbocycles. The van der Waals surface area contributed by atoms with E-state index in [1.807, 2.05) is 51.1 Å². The topological polar surface area (TPSA) is 90.5 Å². The molecule has 1 heterocycles. The normalized spacial score (nSPS) is 15.9. The first-order valence-corrected chi connectivity index (χ1v) is 11.7. The fourth-order valence-electron chi connectivity index (χ4n) is 3.92. The first kappa shape index (κ1) is 24.3. The number of hydrogen-bond acceptors (Lipinski definition) is 3.